The Balaban J connectivity index is 2.12. The lowest BCUT2D eigenvalue weighted by atomic mass is 9.91. The third-order valence-corrected chi connectivity index (χ3v) is 4.18. The molecule has 25 heavy (non-hydrogen) atoms. The quantitative estimate of drug-likeness (QED) is 0.713. The first-order chi connectivity index (χ1) is 12.1. The molecule has 2 aromatic carbocycles. The van der Waals surface area contributed by atoms with Crippen molar-refractivity contribution in [2.75, 3.05) is 34.3 Å². The molecule has 1 N–H and O–H groups in total. The van der Waals surface area contributed by atoms with Gasteiger partial charge >= 0.3 is 0 Å². The fourth-order valence-electron chi connectivity index (χ4n) is 2.80. The summed E-state index contributed by atoms with van der Waals surface area (Å²) >= 11 is 0. The molecule has 0 aromatic heterocycles. The number of nitrogens with one attached hydrogen (secondary N) is 1. The Kier molecular flexibility index (Phi) is 7.48. The Bertz CT molecular complexity index is 656. The zero-order valence-corrected chi connectivity index (χ0v) is 15.4. The van der Waals surface area contributed by atoms with Gasteiger partial charge in [-0.1, -0.05) is 42.5 Å². The van der Waals surface area contributed by atoms with Crippen molar-refractivity contribution in [1.82, 2.24) is 10.2 Å². The van der Waals surface area contributed by atoms with Gasteiger partial charge in [0, 0.05) is 6.54 Å². The van der Waals surface area contributed by atoms with E-state index in [4.69, 9.17) is 4.74 Å². The molecule has 0 fully saturated rings. The second kappa shape index (κ2) is 9.84. The Morgan fingerprint density at radius 3 is 2.56 bits per heavy atom. The molecule has 134 valence electrons. The molecule has 1 unspecified atom stereocenters. The Labute approximate surface area is 150 Å². The van der Waals surface area contributed by atoms with E-state index in [0.717, 1.165) is 29.8 Å². The largest absolute Gasteiger partial charge is 0.497 e. The lowest BCUT2D eigenvalue weighted by Crippen LogP contribution is -2.32. The minimum absolute atomic E-state index is 0.0656. The summed E-state index contributed by atoms with van der Waals surface area (Å²) in [5.74, 6) is 0.615. The number of methoxy groups -OCH3 is 1. The summed E-state index contributed by atoms with van der Waals surface area (Å²) in [6.07, 6.45) is 1.61. The van der Waals surface area contributed by atoms with Gasteiger partial charge in [0.1, 0.15) is 5.75 Å². The van der Waals surface area contributed by atoms with Crippen LogP contribution < -0.4 is 10.1 Å². The Hall–Kier alpha value is -2.33. The molecule has 0 aliphatic carbocycles. The van der Waals surface area contributed by atoms with Crippen LogP contribution in [0, 0.1) is 0 Å². The van der Waals surface area contributed by atoms with Crippen LogP contribution in [-0.2, 0) is 11.2 Å². The summed E-state index contributed by atoms with van der Waals surface area (Å²) in [6, 6.07) is 17.9. The van der Waals surface area contributed by atoms with Gasteiger partial charge in [0.25, 0.3) is 0 Å². The maximum atomic E-state index is 12.8. The fraction of sp³-hybridized carbons (Fsp3) is 0.381. The molecule has 0 aliphatic rings. The topological polar surface area (TPSA) is 41.6 Å². The normalized spacial score (nSPS) is 12.0. The number of benzene rings is 2. The number of amides is 1. The molecule has 2 rings (SSSR count). The van der Waals surface area contributed by atoms with E-state index in [1.165, 1.54) is 0 Å². The second-order valence-corrected chi connectivity index (χ2v) is 6.47. The van der Waals surface area contributed by atoms with Gasteiger partial charge in [0.05, 0.1) is 13.0 Å². The number of hydrogen-bond donors (Lipinski definition) is 1. The lowest BCUT2D eigenvalue weighted by molar-refractivity contribution is -0.122. The first-order valence-electron chi connectivity index (χ1n) is 8.70. The van der Waals surface area contributed by atoms with Crippen molar-refractivity contribution in [1.29, 1.82) is 0 Å². The average Bonchev–Trinajstić information content (AvgIpc) is 2.64. The van der Waals surface area contributed by atoms with Gasteiger partial charge in [-0.05, 0) is 56.7 Å². The predicted octanol–water partition coefficient (Wildman–Crippen LogP) is 3.09. The van der Waals surface area contributed by atoms with E-state index >= 15 is 0 Å². The second-order valence-electron chi connectivity index (χ2n) is 6.47. The van der Waals surface area contributed by atoms with Crippen LogP contribution in [0.25, 0.3) is 0 Å². The first-order valence-corrected chi connectivity index (χ1v) is 8.70. The van der Waals surface area contributed by atoms with E-state index < -0.39 is 0 Å². The zero-order valence-electron chi connectivity index (χ0n) is 15.4. The molecule has 0 bridgehead atoms. The van der Waals surface area contributed by atoms with Crippen molar-refractivity contribution in [3.05, 3.63) is 65.7 Å². The van der Waals surface area contributed by atoms with Crippen LogP contribution in [0.4, 0.5) is 0 Å². The highest BCUT2D eigenvalue weighted by Crippen LogP contribution is 2.25. The van der Waals surface area contributed by atoms with Gasteiger partial charge in [-0.15, -0.1) is 0 Å². The molecule has 4 heteroatoms. The molecule has 0 saturated carbocycles. The molecule has 1 atom stereocenters. The lowest BCUT2D eigenvalue weighted by Gasteiger charge is -2.19. The number of carbonyl (C=O) groups excluding carboxylic acids is 1. The van der Waals surface area contributed by atoms with Crippen LogP contribution in [-0.4, -0.2) is 45.1 Å². The molecule has 0 saturated heterocycles. The minimum atomic E-state index is -0.225. The Morgan fingerprint density at radius 2 is 1.88 bits per heavy atom. The molecule has 2 aromatic rings. The van der Waals surface area contributed by atoms with Crippen LogP contribution in [0.2, 0.25) is 0 Å². The standard InChI is InChI=1S/C21H28N2O2/c1-23(2)14-8-13-22-21(24)20(15-17-9-5-4-6-10-17)18-11-7-12-19(16-18)25-3/h4-7,9-12,16,20H,8,13-15H2,1-3H3,(H,22,24). The molecule has 0 heterocycles. The third kappa shape index (κ3) is 6.24. The van der Waals surface area contributed by atoms with Gasteiger partial charge in [-0.25, -0.2) is 0 Å². The highest BCUT2D eigenvalue weighted by Gasteiger charge is 2.21. The molecule has 4 nitrogen and oxygen atoms in total. The van der Waals surface area contributed by atoms with E-state index in [1.807, 2.05) is 56.6 Å². The first kappa shape index (κ1) is 19.0. The molecule has 0 spiro atoms. The maximum absolute atomic E-state index is 12.8. The maximum Gasteiger partial charge on any atom is 0.227 e. The van der Waals surface area contributed by atoms with Crippen LogP contribution in [0.15, 0.2) is 54.6 Å². The van der Waals surface area contributed by atoms with Gasteiger partial charge < -0.3 is 15.0 Å². The number of ether oxygens (including phenoxy) is 1. The molecule has 0 aliphatic heterocycles. The van der Waals surface area contributed by atoms with Gasteiger partial charge in [-0.2, -0.15) is 0 Å². The summed E-state index contributed by atoms with van der Waals surface area (Å²) in [5, 5.41) is 3.09. The highest BCUT2D eigenvalue weighted by molar-refractivity contribution is 5.84. The number of carbonyl (C=O) groups is 1. The van der Waals surface area contributed by atoms with E-state index in [1.54, 1.807) is 7.11 Å². The van der Waals surface area contributed by atoms with Crippen molar-refractivity contribution in [2.45, 2.75) is 18.8 Å². The molecule has 0 radical (unpaired) electrons. The minimum Gasteiger partial charge on any atom is -0.497 e. The Morgan fingerprint density at radius 1 is 1.12 bits per heavy atom. The van der Waals surface area contributed by atoms with Crippen LogP contribution in [0.1, 0.15) is 23.5 Å². The third-order valence-electron chi connectivity index (χ3n) is 4.18. The van der Waals surface area contributed by atoms with Crippen LogP contribution in [0.5, 0.6) is 5.75 Å². The van der Waals surface area contributed by atoms with Crippen molar-refractivity contribution in [3.63, 3.8) is 0 Å². The van der Waals surface area contributed by atoms with Gasteiger partial charge in [0.15, 0.2) is 0 Å². The van der Waals surface area contributed by atoms with Crippen molar-refractivity contribution < 1.29 is 9.53 Å². The number of nitrogens with zero attached hydrogens (tertiary/aromatic N) is 1. The van der Waals surface area contributed by atoms with Gasteiger partial charge in [0.2, 0.25) is 5.91 Å². The predicted molar refractivity (Wildman–Crippen MR) is 102 cm³/mol. The van der Waals surface area contributed by atoms with E-state index in [-0.39, 0.29) is 11.8 Å². The average molecular weight is 340 g/mol. The zero-order chi connectivity index (χ0) is 18.1. The smallest absolute Gasteiger partial charge is 0.227 e. The van der Waals surface area contributed by atoms with Gasteiger partial charge in [-0.3, -0.25) is 4.79 Å². The fourth-order valence-corrected chi connectivity index (χ4v) is 2.80. The van der Waals surface area contributed by atoms with Crippen molar-refractivity contribution in [2.24, 2.45) is 0 Å². The van der Waals surface area contributed by atoms with E-state index in [0.29, 0.717) is 13.0 Å². The monoisotopic (exact) mass is 340 g/mol. The number of hydrogen-bond acceptors (Lipinski definition) is 3. The van der Waals surface area contributed by atoms with E-state index in [2.05, 4.69) is 22.3 Å². The molecular weight excluding hydrogens is 312 g/mol. The summed E-state index contributed by atoms with van der Waals surface area (Å²) in [6.45, 7) is 1.65. The van der Waals surface area contributed by atoms with Crippen LogP contribution in [0.3, 0.4) is 0 Å². The highest BCUT2D eigenvalue weighted by atomic mass is 16.5. The summed E-state index contributed by atoms with van der Waals surface area (Å²) in [4.78, 5) is 14.9. The molecule has 1 amide bonds. The summed E-state index contributed by atoms with van der Waals surface area (Å²) in [5.41, 5.74) is 2.13. The number of rotatable bonds is 9. The van der Waals surface area contributed by atoms with Crippen molar-refractivity contribution in [3.8, 4) is 5.75 Å². The van der Waals surface area contributed by atoms with Crippen molar-refractivity contribution >= 4 is 5.91 Å². The summed E-state index contributed by atoms with van der Waals surface area (Å²) in [7, 11) is 5.72. The molecular formula is C21H28N2O2. The van der Waals surface area contributed by atoms with E-state index in [9.17, 15) is 4.79 Å². The van der Waals surface area contributed by atoms with Crippen LogP contribution >= 0.6 is 0 Å². The summed E-state index contributed by atoms with van der Waals surface area (Å²) < 4.78 is 5.32. The SMILES string of the molecule is COc1cccc(C(Cc2ccccc2)C(=O)NCCCN(C)C)c1.